The van der Waals surface area contributed by atoms with E-state index in [9.17, 15) is 4.79 Å². The molecule has 66 valence electrons. The first kappa shape index (κ1) is 10.9. The van der Waals surface area contributed by atoms with Crippen molar-refractivity contribution in [2.45, 2.75) is 26.7 Å². The van der Waals surface area contributed by atoms with Crippen molar-refractivity contribution in [1.29, 1.82) is 5.26 Å². The second-order valence-corrected chi connectivity index (χ2v) is 2.92. The molecular weight excluding hydrogens is 170 g/mol. The van der Waals surface area contributed by atoms with Gasteiger partial charge in [-0.05, 0) is 18.9 Å². The molecule has 0 aliphatic heterocycles. The van der Waals surface area contributed by atoms with Crippen LogP contribution in [0.2, 0.25) is 0 Å². The molecule has 0 unspecified atom stereocenters. The molecule has 0 rings (SSSR count). The normalized spacial score (nSPS) is 11.8. The summed E-state index contributed by atoms with van der Waals surface area (Å²) in [6, 6.07) is 1.86. The molecule has 0 radical (unpaired) electrons. The van der Waals surface area contributed by atoms with Crippen LogP contribution in [-0.2, 0) is 9.22 Å². The SMILES string of the molecule is CCCC(C)=C(C#N)C(=O)O[SiH3]. The summed E-state index contributed by atoms with van der Waals surface area (Å²) < 4.78 is 4.59. The zero-order chi connectivity index (χ0) is 9.56. The zero-order valence-electron chi connectivity index (χ0n) is 7.68. The summed E-state index contributed by atoms with van der Waals surface area (Å²) in [4.78, 5) is 11.0. The van der Waals surface area contributed by atoms with Crippen molar-refractivity contribution >= 4 is 16.5 Å². The Labute approximate surface area is 75.6 Å². The first-order valence-electron chi connectivity index (χ1n) is 3.85. The monoisotopic (exact) mass is 183 g/mol. The van der Waals surface area contributed by atoms with Gasteiger partial charge in [0.25, 0.3) is 0 Å². The highest BCUT2D eigenvalue weighted by molar-refractivity contribution is 6.10. The maximum Gasteiger partial charge on any atom is 0.334 e. The van der Waals surface area contributed by atoms with Crippen LogP contribution in [0, 0.1) is 11.3 Å². The standard InChI is InChI=1S/C8H13NO2Si/c1-3-4-6(2)7(5-9)8(10)11-12/h3-4H2,1-2,12H3. The number of rotatable bonds is 3. The molecule has 0 N–H and O–H groups in total. The molecule has 0 aliphatic rings. The fourth-order valence-electron chi connectivity index (χ4n) is 0.917. The smallest absolute Gasteiger partial charge is 0.334 e. The molecule has 0 atom stereocenters. The van der Waals surface area contributed by atoms with Crippen LogP contribution in [0.4, 0.5) is 0 Å². The third-order valence-electron chi connectivity index (χ3n) is 1.55. The van der Waals surface area contributed by atoms with Crippen molar-refractivity contribution in [2.24, 2.45) is 0 Å². The van der Waals surface area contributed by atoms with Gasteiger partial charge in [-0.1, -0.05) is 13.3 Å². The van der Waals surface area contributed by atoms with Gasteiger partial charge in [0.2, 0.25) is 10.5 Å². The lowest BCUT2D eigenvalue weighted by molar-refractivity contribution is -0.129. The van der Waals surface area contributed by atoms with Crippen LogP contribution in [-0.4, -0.2) is 16.5 Å². The molecule has 0 aromatic rings. The van der Waals surface area contributed by atoms with Crippen LogP contribution in [0.15, 0.2) is 11.1 Å². The van der Waals surface area contributed by atoms with E-state index in [2.05, 4.69) is 4.43 Å². The van der Waals surface area contributed by atoms with Crippen molar-refractivity contribution in [2.75, 3.05) is 0 Å². The van der Waals surface area contributed by atoms with Gasteiger partial charge in [0, 0.05) is 0 Å². The highest BCUT2D eigenvalue weighted by atomic mass is 28.2. The van der Waals surface area contributed by atoms with Crippen molar-refractivity contribution in [3.63, 3.8) is 0 Å². The minimum Gasteiger partial charge on any atom is -0.525 e. The average molecular weight is 183 g/mol. The highest BCUT2D eigenvalue weighted by Gasteiger charge is 2.10. The molecule has 0 spiro atoms. The van der Waals surface area contributed by atoms with Gasteiger partial charge in [-0.2, -0.15) is 5.26 Å². The van der Waals surface area contributed by atoms with Gasteiger partial charge in [-0.25, -0.2) is 4.79 Å². The lowest BCUT2D eigenvalue weighted by Crippen LogP contribution is -2.06. The topological polar surface area (TPSA) is 50.1 Å². The van der Waals surface area contributed by atoms with Crippen LogP contribution in [0.1, 0.15) is 26.7 Å². The quantitative estimate of drug-likeness (QED) is 0.362. The second-order valence-electron chi connectivity index (χ2n) is 2.51. The van der Waals surface area contributed by atoms with E-state index in [1.54, 1.807) is 6.92 Å². The Morgan fingerprint density at radius 1 is 1.67 bits per heavy atom. The summed E-state index contributed by atoms with van der Waals surface area (Å²) in [6.07, 6.45) is 1.71. The van der Waals surface area contributed by atoms with Crippen molar-refractivity contribution in [3.05, 3.63) is 11.1 Å². The van der Waals surface area contributed by atoms with Gasteiger partial charge in [0.15, 0.2) is 0 Å². The number of nitriles is 1. The average Bonchev–Trinajstić information content (AvgIpc) is 2.06. The molecule has 0 fully saturated rings. The van der Waals surface area contributed by atoms with E-state index in [1.807, 2.05) is 13.0 Å². The number of allylic oxidation sites excluding steroid dienone is 1. The van der Waals surface area contributed by atoms with E-state index in [1.165, 1.54) is 0 Å². The van der Waals surface area contributed by atoms with Gasteiger partial charge in [-0.3, -0.25) is 0 Å². The number of hydrogen-bond donors (Lipinski definition) is 0. The van der Waals surface area contributed by atoms with Gasteiger partial charge in [0.05, 0.1) is 0 Å². The predicted octanol–water partition coefficient (Wildman–Crippen LogP) is 0.450. The van der Waals surface area contributed by atoms with E-state index in [0.29, 0.717) is 10.5 Å². The summed E-state index contributed by atoms with van der Waals surface area (Å²) in [7, 11) is 0.340. The highest BCUT2D eigenvalue weighted by Crippen LogP contribution is 2.10. The predicted molar refractivity (Wildman–Crippen MR) is 49.3 cm³/mol. The summed E-state index contributed by atoms with van der Waals surface area (Å²) in [6.45, 7) is 3.80. The summed E-state index contributed by atoms with van der Waals surface area (Å²) in [5.74, 6) is -0.477. The van der Waals surface area contributed by atoms with E-state index in [0.717, 1.165) is 18.4 Å². The number of carbonyl (C=O) groups is 1. The third-order valence-corrected chi connectivity index (χ3v) is 1.92. The van der Waals surface area contributed by atoms with Gasteiger partial charge < -0.3 is 4.43 Å². The molecule has 3 nitrogen and oxygen atoms in total. The zero-order valence-corrected chi connectivity index (χ0v) is 9.68. The summed E-state index contributed by atoms with van der Waals surface area (Å²) >= 11 is 0. The molecular formula is C8H13NO2Si. The van der Waals surface area contributed by atoms with Crippen LogP contribution in [0.3, 0.4) is 0 Å². The van der Waals surface area contributed by atoms with Crippen LogP contribution in [0.25, 0.3) is 0 Å². The first-order valence-corrected chi connectivity index (χ1v) is 4.67. The molecule has 0 saturated carbocycles. The van der Waals surface area contributed by atoms with Crippen molar-refractivity contribution < 1.29 is 9.22 Å². The Bertz CT molecular complexity index is 240. The van der Waals surface area contributed by atoms with Gasteiger partial charge in [0.1, 0.15) is 11.6 Å². The van der Waals surface area contributed by atoms with Crippen LogP contribution < -0.4 is 0 Å². The van der Waals surface area contributed by atoms with Crippen molar-refractivity contribution in [3.8, 4) is 6.07 Å². The molecule has 0 bridgehead atoms. The van der Waals surface area contributed by atoms with E-state index >= 15 is 0 Å². The van der Waals surface area contributed by atoms with E-state index in [4.69, 9.17) is 5.26 Å². The fourth-order valence-corrected chi connectivity index (χ4v) is 1.12. The first-order chi connectivity index (χ1) is 5.67. The number of nitrogens with zero attached hydrogens (tertiary/aromatic N) is 1. The molecule has 0 aromatic heterocycles. The molecule has 0 aliphatic carbocycles. The summed E-state index contributed by atoms with van der Waals surface area (Å²) in [5.41, 5.74) is 0.993. The molecule has 12 heavy (non-hydrogen) atoms. The second kappa shape index (κ2) is 5.55. The maximum absolute atomic E-state index is 11.0. The minimum absolute atomic E-state index is 0.173. The van der Waals surface area contributed by atoms with E-state index < -0.39 is 5.97 Å². The molecule has 0 aromatic carbocycles. The molecule has 4 heteroatoms. The van der Waals surface area contributed by atoms with Crippen molar-refractivity contribution in [1.82, 2.24) is 0 Å². The minimum atomic E-state index is -0.477. The lowest BCUT2D eigenvalue weighted by atomic mass is 10.1. The van der Waals surface area contributed by atoms with Crippen LogP contribution >= 0.6 is 0 Å². The number of hydrogen-bond acceptors (Lipinski definition) is 3. The fraction of sp³-hybridized carbons (Fsp3) is 0.500. The molecule has 0 saturated heterocycles. The Morgan fingerprint density at radius 3 is 2.58 bits per heavy atom. The third kappa shape index (κ3) is 2.89. The summed E-state index contributed by atoms with van der Waals surface area (Å²) in [5, 5.41) is 8.63. The Kier molecular flexibility index (Phi) is 5.05. The Hall–Kier alpha value is -1.08. The van der Waals surface area contributed by atoms with Gasteiger partial charge >= 0.3 is 5.97 Å². The van der Waals surface area contributed by atoms with E-state index in [-0.39, 0.29) is 5.57 Å². The van der Waals surface area contributed by atoms with Crippen LogP contribution in [0.5, 0.6) is 0 Å². The maximum atomic E-state index is 11.0. The lowest BCUT2D eigenvalue weighted by Gasteiger charge is -2.01. The van der Waals surface area contributed by atoms with Gasteiger partial charge in [-0.15, -0.1) is 0 Å². The molecule has 0 amide bonds. The Balaban J connectivity index is 4.64. The largest absolute Gasteiger partial charge is 0.525 e. The number of carbonyl (C=O) groups excluding carboxylic acids is 1. The molecule has 0 heterocycles. The Morgan fingerprint density at radius 2 is 2.25 bits per heavy atom.